The lowest BCUT2D eigenvalue weighted by atomic mass is 10.1. The lowest BCUT2D eigenvalue weighted by molar-refractivity contribution is 0.100. The van der Waals surface area contributed by atoms with E-state index in [4.69, 9.17) is 4.52 Å². The molecule has 0 saturated heterocycles. The summed E-state index contributed by atoms with van der Waals surface area (Å²) in [4.78, 5) is 13.1. The van der Waals surface area contributed by atoms with E-state index in [2.05, 4.69) is 23.5 Å². The third-order valence-electron chi connectivity index (χ3n) is 4.27. The summed E-state index contributed by atoms with van der Waals surface area (Å²) in [6.45, 7) is 2.92. The summed E-state index contributed by atoms with van der Waals surface area (Å²) in [7, 11) is 0. The summed E-state index contributed by atoms with van der Waals surface area (Å²) >= 11 is 1.24. The maximum absolute atomic E-state index is 13.1. The predicted octanol–water partition coefficient (Wildman–Crippen LogP) is 5.64. The van der Waals surface area contributed by atoms with Gasteiger partial charge in [-0.15, -0.1) is 11.3 Å². The Labute approximate surface area is 166 Å². The molecule has 0 fully saturated rings. The molecule has 0 aliphatic heterocycles. The van der Waals surface area contributed by atoms with Gasteiger partial charge in [-0.25, -0.2) is 4.39 Å². The number of unbranched alkanes of at least 4 members (excludes halogenated alkanes) is 3. The second-order valence-corrected chi connectivity index (χ2v) is 7.42. The second kappa shape index (κ2) is 9.29. The van der Waals surface area contributed by atoms with Crippen molar-refractivity contribution in [1.82, 2.24) is 5.16 Å². The molecule has 2 aromatic heterocycles. The number of anilines is 1. The van der Waals surface area contributed by atoms with E-state index in [1.165, 1.54) is 36.0 Å². The molecule has 5 nitrogen and oxygen atoms in total. The Kier molecular flexibility index (Phi) is 6.56. The minimum absolute atomic E-state index is 0.0829. The van der Waals surface area contributed by atoms with Gasteiger partial charge in [0.05, 0.1) is 10.4 Å². The van der Waals surface area contributed by atoms with E-state index in [1.54, 1.807) is 18.2 Å². The van der Waals surface area contributed by atoms with Gasteiger partial charge in [0.25, 0.3) is 0 Å². The van der Waals surface area contributed by atoms with Gasteiger partial charge in [0, 0.05) is 18.2 Å². The average Bonchev–Trinajstić information content (AvgIpc) is 3.35. The molecule has 28 heavy (non-hydrogen) atoms. The first-order valence-electron chi connectivity index (χ1n) is 9.17. The molecular weight excluding hydrogens is 377 g/mol. The van der Waals surface area contributed by atoms with Crippen LogP contribution in [0.3, 0.4) is 0 Å². The Hall–Kier alpha value is -2.98. The standard InChI is InChI=1S/C21H20FN3O2S/c1-2-3-4-5-10-24-21-15(13-23)11-19(28-21)20(26)18-12-17(25-27-18)14-6-8-16(22)9-7-14/h6-9,11-12,24H,2-5,10H2,1H3. The lowest BCUT2D eigenvalue weighted by Crippen LogP contribution is -2.00. The minimum Gasteiger partial charge on any atom is -0.376 e. The number of ketones is 1. The number of benzene rings is 1. The number of halogens is 1. The first-order valence-corrected chi connectivity index (χ1v) is 9.99. The van der Waals surface area contributed by atoms with Gasteiger partial charge in [-0.1, -0.05) is 31.3 Å². The van der Waals surface area contributed by atoms with Crippen molar-refractivity contribution < 1.29 is 13.7 Å². The molecule has 3 rings (SSSR count). The fourth-order valence-corrected chi connectivity index (χ4v) is 3.71. The molecule has 0 bridgehead atoms. The quantitative estimate of drug-likeness (QED) is 0.373. The normalized spacial score (nSPS) is 10.6. The first kappa shape index (κ1) is 19.8. The average molecular weight is 397 g/mol. The number of hydrogen-bond acceptors (Lipinski definition) is 6. The lowest BCUT2D eigenvalue weighted by Gasteiger charge is -2.03. The van der Waals surface area contributed by atoms with Crippen LogP contribution in [0.15, 0.2) is 40.9 Å². The maximum atomic E-state index is 13.1. The van der Waals surface area contributed by atoms with Crippen molar-refractivity contribution in [2.45, 2.75) is 32.6 Å². The highest BCUT2D eigenvalue weighted by molar-refractivity contribution is 7.18. The van der Waals surface area contributed by atoms with Crippen LogP contribution in [0.4, 0.5) is 9.39 Å². The molecule has 0 aliphatic carbocycles. The molecule has 0 unspecified atom stereocenters. The summed E-state index contributed by atoms with van der Waals surface area (Å²) in [6, 6.07) is 11.0. The largest absolute Gasteiger partial charge is 0.376 e. The van der Waals surface area contributed by atoms with Crippen LogP contribution in [0.2, 0.25) is 0 Å². The highest BCUT2D eigenvalue weighted by atomic mass is 32.1. The molecule has 0 radical (unpaired) electrons. The molecule has 1 N–H and O–H groups in total. The first-order chi connectivity index (χ1) is 13.6. The number of carbonyl (C=O) groups excluding carboxylic acids is 1. The third kappa shape index (κ3) is 4.65. The van der Waals surface area contributed by atoms with Crippen molar-refractivity contribution in [1.29, 1.82) is 5.26 Å². The molecule has 0 aliphatic rings. The number of rotatable bonds is 9. The highest BCUT2D eigenvalue weighted by Gasteiger charge is 2.20. The van der Waals surface area contributed by atoms with Gasteiger partial charge in [-0.3, -0.25) is 4.79 Å². The topological polar surface area (TPSA) is 78.9 Å². The van der Waals surface area contributed by atoms with E-state index in [1.807, 2.05) is 0 Å². The van der Waals surface area contributed by atoms with Gasteiger partial charge in [0.15, 0.2) is 0 Å². The van der Waals surface area contributed by atoms with Crippen LogP contribution in [-0.2, 0) is 0 Å². The monoisotopic (exact) mass is 397 g/mol. The molecule has 3 aromatic rings. The molecule has 0 saturated carbocycles. The van der Waals surface area contributed by atoms with Crippen molar-refractivity contribution in [3.8, 4) is 17.3 Å². The highest BCUT2D eigenvalue weighted by Crippen LogP contribution is 2.30. The third-order valence-corrected chi connectivity index (χ3v) is 5.36. The summed E-state index contributed by atoms with van der Waals surface area (Å²) < 4.78 is 18.2. The van der Waals surface area contributed by atoms with Crippen molar-refractivity contribution in [3.63, 3.8) is 0 Å². The minimum atomic E-state index is -0.346. The van der Waals surface area contributed by atoms with Crippen LogP contribution in [0, 0.1) is 17.1 Å². The van der Waals surface area contributed by atoms with Crippen molar-refractivity contribution in [3.05, 3.63) is 58.4 Å². The van der Waals surface area contributed by atoms with E-state index in [9.17, 15) is 14.4 Å². The van der Waals surface area contributed by atoms with Crippen molar-refractivity contribution >= 4 is 22.1 Å². The number of aromatic nitrogens is 1. The van der Waals surface area contributed by atoms with E-state index in [0.717, 1.165) is 25.8 Å². The Bertz CT molecular complexity index is 986. The summed E-state index contributed by atoms with van der Waals surface area (Å²) in [6.07, 6.45) is 4.50. The maximum Gasteiger partial charge on any atom is 0.241 e. The summed E-state index contributed by atoms with van der Waals surface area (Å²) in [5, 5.41) is 17.2. The van der Waals surface area contributed by atoms with Gasteiger partial charge in [-0.2, -0.15) is 5.26 Å². The zero-order chi connectivity index (χ0) is 19.9. The van der Waals surface area contributed by atoms with Crippen molar-refractivity contribution in [2.24, 2.45) is 0 Å². The van der Waals surface area contributed by atoms with Gasteiger partial charge in [0.2, 0.25) is 11.5 Å². The Morgan fingerprint density at radius 1 is 1.25 bits per heavy atom. The molecule has 7 heteroatoms. The van der Waals surface area contributed by atoms with Gasteiger partial charge in [-0.05, 0) is 36.8 Å². The second-order valence-electron chi connectivity index (χ2n) is 6.37. The summed E-state index contributed by atoms with van der Waals surface area (Å²) in [5.41, 5.74) is 1.55. The molecule has 1 aromatic carbocycles. The van der Waals surface area contributed by atoms with Crippen LogP contribution in [0.25, 0.3) is 11.3 Å². The van der Waals surface area contributed by atoms with Gasteiger partial charge < -0.3 is 9.84 Å². The molecule has 0 spiro atoms. The number of hydrogen-bond donors (Lipinski definition) is 1. The van der Waals surface area contributed by atoms with E-state index in [-0.39, 0.29) is 17.4 Å². The zero-order valence-corrected chi connectivity index (χ0v) is 16.3. The predicted molar refractivity (Wildman–Crippen MR) is 107 cm³/mol. The van der Waals surface area contributed by atoms with Gasteiger partial charge >= 0.3 is 0 Å². The number of nitriles is 1. The molecule has 144 valence electrons. The fourth-order valence-electron chi connectivity index (χ4n) is 2.73. The molecule has 0 amide bonds. The van der Waals surface area contributed by atoms with E-state index < -0.39 is 0 Å². The van der Waals surface area contributed by atoms with Gasteiger partial charge in [0.1, 0.15) is 22.6 Å². The number of carbonyl (C=O) groups is 1. The molecule has 0 atom stereocenters. The van der Waals surface area contributed by atoms with Crippen molar-refractivity contribution in [2.75, 3.05) is 11.9 Å². The van der Waals surface area contributed by atoms with Crippen LogP contribution < -0.4 is 5.32 Å². The summed E-state index contributed by atoms with van der Waals surface area (Å²) in [5.74, 6) is -0.596. The van der Waals surface area contributed by atoms with Crippen LogP contribution >= 0.6 is 11.3 Å². The smallest absolute Gasteiger partial charge is 0.241 e. The van der Waals surface area contributed by atoms with Crippen LogP contribution in [0.5, 0.6) is 0 Å². The molecule has 2 heterocycles. The molecular formula is C21H20FN3O2S. The Balaban J connectivity index is 1.72. The number of nitrogens with one attached hydrogen (secondary N) is 1. The number of nitrogens with zero attached hydrogens (tertiary/aromatic N) is 2. The zero-order valence-electron chi connectivity index (χ0n) is 15.5. The van der Waals surface area contributed by atoms with Crippen LogP contribution in [-0.4, -0.2) is 17.5 Å². The van der Waals surface area contributed by atoms with E-state index >= 15 is 0 Å². The number of thiophene rings is 1. The fraction of sp³-hybridized carbons (Fsp3) is 0.286. The van der Waals surface area contributed by atoms with Crippen LogP contribution in [0.1, 0.15) is 53.6 Å². The SMILES string of the molecule is CCCCCCNc1sc(C(=O)c2cc(-c3ccc(F)cc3)no2)cc1C#N. The Morgan fingerprint density at radius 3 is 2.75 bits per heavy atom. The Morgan fingerprint density at radius 2 is 2.04 bits per heavy atom. The van der Waals surface area contributed by atoms with E-state index in [0.29, 0.717) is 26.7 Å².